The fourth-order valence-electron chi connectivity index (χ4n) is 2.15. The number of methoxy groups -OCH3 is 2. The molecule has 0 saturated carbocycles. The first kappa shape index (κ1) is 18.4. The Balaban J connectivity index is 1.92. The monoisotopic (exact) mass is 359 g/mol. The molecule has 0 atom stereocenters. The van der Waals surface area contributed by atoms with E-state index in [1.54, 1.807) is 36.4 Å². The highest BCUT2D eigenvalue weighted by molar-refractivity contribution is 6.32. The molecule has 6 nitrogen and oxygen atoms in total. The molecule has 25 heavy (non-hydrogen) atoms. The first-order valence-electron chi connectivity index (χ1n) is 7.52. The van der Waals surface area contributed by atoms with Crippen LogP contribution in [0.15, 0.2) is 36.4 Å². The number of hydrogen-bond donors (Lipinski definition) is 2. The van der Waals surface area contributed by atoms with E-state index in [1.165, 1.54) is 14.2 Å². The van der Waals surface area contributed by atoms with Gasteiger partial charge in [0.15, 0.2) is 0 Å². The van der Waals surface area contributed by atoms with Gasteiger partial charge in [0.25, 0.3) is 0 Å². The zero-order valence-corrected chi connectivity index (χ0v) is 14.7. The number of anilines is 2. The number of ether oxygens (including phenoxy) is 2. The SMILES string of the molecule is COc1cc(NC(=O)CCNc2ccc(C#N)cc2)c(OC)cc1Cl. The summed E-state index contributed by atoms with van der Waals surface area (Å²) in [4.78, 5) is 12.1. The predicted octanol–water partition coefficient (Wildman–Crippen LogP) is 3.67. The van der Waals surface area contributed by atoms with Gasteiger partial charge in [0.05, 0.1) is 36.6 Å². The van der Waals surface area contributed by atoms with Crippen LogP contribution in [0.5, 0.6) is 11.5 Å². The Hall–Kier alpha value is -2.91. The number of carbonyl (C=O) groups excluding carboxylic acids is 1. The topological polar surface area (TPSA) is 83.4 Å². The standard InChI is InChI=1S/C18H18ClN3O3/c1-24-16-10-15(17(25-2)9-14(16)19)22-18(23)7-8-21-13-5-3-12(11-20)4-6-13/h3-6,9-10,21H,7-8H2,1-2H3,(H,22,23). The van der Waals surface area contributed by atoms with Crippen LogP contribution in [0.3, 0.4) is 0 Å². The minimum absolute atomic E-state index is 0.177. The number of halogens is 1. The van der Waals surface area contributed by atoms with Gasteiger partial charge in [0.2, 0.25) is 5.91 Å². The number of nitrogens with one attached hydrogen (secondary N) is 2. The molecule has 0 aliphatic carbocycles. The summed E-state index contributed by atoms with van der Waals surface area (Å²) in [5.41, 5.74) is 1.93. The minimum Gasteiger partial charge on any atom is -0.495 e. The molecule has 0 aliphatic heterocycles. The molecule has 1 amide bonds. The van der Waals surface area contributed by atoms with Crippen LogP contribution in [-0.4, -0.2) is 26.7 Å². The molecule has 0 heterocycles. The van der Waals surface area contributed by atoms with Crippen molar-refractivity contribution in [2.45, 2.75) is 6.42 Å². The fraction of sp³-hybridized carbons (Fsp3) is 0.222. The van der Waals surface area contributed by atoms with Gasteiger partial charge in [-0.05, 0) is 24.3 Å². The van der Waals surface area contributed by atoms with Gasteiger partial charge in [-0.15, -0.1) is 0 Å². The molecular weight excluding hydrogens is 342 g/mol. The third-order valence-corrected chi connectivity index (χ3v) is 3.74. The molecule has 0 radical (unpaired) electrons. The van der Waals surface area contributed by atoms with Crippen molar-refractivity contribution in [1.29, 1.82) is 5.26 Å². The second-order valence-corrected chi connectivity index (χ2v) is 5.51. The van der Waals surface area contributed by atoms with Crippen LogP contribution in [0.25, 0.3) is 0 Å². The smallest absolute Gasteiger partial charge is 0.226 e. The van der Waals surface area contributed by atoms with Crippen molar-refractivity contribution in [3.05, 3.63) is 47.0 Å². The Kier molecular flexibility index (Phi) is 6.49. The largest absolute Gasteiger partial charge is 0.495 e. The Morgan fingerprint density at radius 2 is 1.84 bits per heavy atom. The van der Waals surface area contributed by atoms with Gasteiger partial charge in [-0.25, -0.2) is 0 Å². The lowest BCUT2D eigenvalue weighted by Crippen LogP contribution is -2.16. The maximum Gasteiger partial charge on any atom is 0.226 e. The highest BCUT2D eigenvalue weighted by atomic mass is 35.5. The second-order valence-electron chi connectivity index (χ2n) is 5.10. The predicted molar refractivity (Wildman–Crippen MR) is 97.4 cm³/mol. The van der Waals surface area contributed by atoms with Crippen molar-refractivity contribution in [3.8, 4) is 17.6 Å². The first-order chi connectivity index (χ1) is 12.1. The van der Waals surface area contributed by atoms with Crippen molar-refractivity contribution in [3.63, 3.8) is 0 Å². The molecule has 2 aromatic rings. The summed E-state index contributed by atoms with van der Waals surface area (Å²) in [7, 11) is 3.00. The Labute approximate surface area is 151 Å². The van der Waals surface area contributed by atoms with E-state index < -0.39 is 0 Å². The highest BCUT2D eigenvalue weighted by Crippen LogP contribution is 2.35. The normalized spacial score (nSPS) is 9.84. The van der Waals surface area contributed by atoms with Crippen molar-refractivity contribution < 1.29 is 14.3 Å². The molecule has 0 saturated heterocycles. The summed E-state index contributed by atoms with van der Waals surface area (Å²) < 4.78 is 10.4. The van der Waals surface area contributed by atoms with E-state index in [2.05, 4.69) is 16.7 Å². The minimum atomic E-state index is -0.177. The molecule has 0 aromatic heterocycles. The Bertz CT molecular complexity index is 785. The molecule has 2 N–H and O–H groups in total. The van der Waals surface area contributed by atoms with E-state index in [0.717, 1.165) is 5.69 Å². The van der Waals surface area contributed by atoms with E-state index in [4.69, 9.17) is 26.3 Å². The summed E-state index contributed by atoms with van der Waals surface area (Å²) in [6.07, 6.45) is 0.258. The summed E-state index contributed by atoms with van der Waals surface area (Å²) >= 11 is 6.04. The van der Waals surface area contributed by atoms with E-state index in [9.17, 15) is 4.79 Å². The summed E-state index contributed by atoms with van der Waals surface area (Å²) in [6.45, 7) is 0.449. The van der Waals surface area contributed by atoms with Crippen LogP contribution in [0, 0.1) is 11.3 Å². The molecule has 0 bridgehead atoms. The van der Waals surface area contributed by atoms with Crippen molar-refractivity contribution in [1.82, 2.24) is 0 Å². The molecular formula is C18H18ClN3O3. The van der Waals surface area contributed by atoms with Crippen LogP contribution < -0.4 is 20.1 Å². The first-order valence-corrected chi connectivity index (χ1v) is 7.90. The number of nitrogens with zero attached hydrogens (tertiary/aromatic N) is 1. The van der Waals surface area contributed by atoms with Gasteiger partial charge < -0.3 is 20.1 Å². The molecule has 0 spiro atoms. The molecule has 7 heteroatoms. The van der Waals surface area contributed by atoms with Crippen LogP contribution >= 0.6 is 11.6 Å². The van der Waals surface area contributed by atoms with Crippen molar-refractivity contribution in [2.75, 3.05) is 31.4 Å². The molecule has 2 aromatic carbocycles. The molecule has 0 unspecified atom stereocenters. The summed E-state index contributed by atoms with van der Waals surface area (Å²) in [6, 6.07) is 12.3. The lowest BCUT2D eigenvalue weighted by Gasteiger charge is -2.13. The van der Waals surface area contributed by atoms with Gasteiger partial charge in [-0.3, -0.25) is 4.79 Å². The number of rotatable bonds is 7. The highest BCUT2D eigenvalue weighted by Gasteiger charge is 2.12. The third kappa shape index (κ3) is 5.03. The maximum atomic E-state index is 12.1. The molecule has 130 valence electrons. The average Bonchev–Trinajstić information content (AvgIpc) is 2.63. The summed E-state index contributed by atoms with van der Waals surface area (Å²) in [5.74, 6) is 0.733. The fourth-order valence-corrected chi connectivity index (χ4v) is 2.38. The van der Waals surface area contributed by atoms with Gasteiger partial charge in [-0.1, -0.05) is 11.6 Å². The van der Waals surface area contributed by atoms with Crippen LogP contribution in [0.1, 0.15) is 12.0 Å². The van der Waals surface area contributed by atoms with E-state index in [-0.39, 0.29) is 12.3 Å². The van der Waals surface area contributed by atoms with Gasteiger partial charge >= 0.3 is 0 Å². The summed E-state index contributed by atoms with van der Waals surface area (Å²) in [5, 5.41) is 15.1. The Morgan fingerprint density at radius 1 is 1.16 bits per heavy atom. The maximum absolute atomic E-state index is 12.1. The Morgan fingerprint density at radius 3 is 2.44 bits per heavy atom. The molecule has 0 aliphatic rings. The number of amides is 1. The van der Waals surface area contributed by atoms with E-state index >= 15 is 0 Å². The second kappa shape index (κ2) is 8.81. The van der Waals surface area contributed by atoms with Crippen LogP contribution in [0.2, 0.25) is 5.02 Å². The molecule has 2 rings (SSSR count). The van der Waals surface area contributed by atoms with Gasteiger partial charge in [0, 0.05) is 30.8 Å². The quantitative estimate of drug-likeness (QED) is 0.788. The number of benzene rings is 2. The number of hydrogen-bond acceptors (Lipinski definition) is 5. The van der Waals surface area contributed by atoms with Gasteiger partial charge in [-0.2, -0.15) is 5.26 Å². The number of nitriles is 1. The zero-order chi connectivity index (χ0) is 18.2. The number of carbonyl (C=O) groups is 1. The van der Waals surface area contributed by atoms with Gasteiger partial charge in [0.1, 0.15) is 11.5 Å². The van der Waals surface area contributed by atoms with Crippen molar-refractivity contribution >= 4 is 28.9 Å². The third-order valence-electron chi connectivity index (χ3n) is 3.44. The average molecular weight is 360 g/mol. The van der Waals surface area contributed by atoms with Crippen LogP contribution in [0.4, 0.5) is 11.4 Å². The van der Waals surface area contributed by atoms with E-state index in [1.807, 2.05) is 0 Å². The molecule has 0 fully saturated rings. The van der Waals surface area contributed by atoms with E-state index in [0.29, 0.717) is 34.3 Å². The lowest BCUT2D eigenvalue weighted by molar-refractivity contribution is -0.116. The lowest BCUT2D eigenvalue weighted by atomic mass is 10.2. The van der Waals surface area contributed by atoms with Crippen molar-refractivity contribution in [2.24, 2.45) is 0 Å². The van der Waals surface area contributed by atoms with Crippen LogP contribution in [-0.2, 0) is 4.79 Å². The zero-order valence-electron chi connectivity index (χ0n) is 13.9.